The van der Waals surface area contributed by atoms with Crippen molar-refractivity contribution in [2.75, 3.05) is 47.3 Å². The Morgan fingerprint density at radius 2 is 1.53 bits per heavy atom. The Hall–Kier alpha value is -3.23. The number of nitrogens with one attached hydrogen (secondary N) is 1. The van der Waals surface area contributed by atoms with Crippen LogP contribution in [0.4, 0.5) is 0 Å². The third kappa shape index (κ3) is 12.7. The van der Waals surface area contributed by atoms with E-state index < -0.39 is 23.7 Å². The molecule has 0 saturated heterocycles. The van der Waals surface area contributed by atoms with Gasteiger partial charge in [0.05, 0.1) is 53.2 Å². The van der Waals surface area contributed by atoms with Crippen molar-refractivity contribution in [2.24, 2.45) is 35.3 Å². The highest BCUT2D eigenvalue weighted by molar-refractivity contribution is 5.94. The summed E-state index contributed by atoms with van der Waals surface area (Å²) in [5.41, 5.74) is 8.98. The van der Waals surface area contributed by atoms with Crippen LogP contribution >= 0.6 is 0 Å². The van der Waals surface area contributed by atoms with Crippen molar-refractivity contribution < 1.29 is 28.5 Å². The Morgan fingerprint density at radius 1 is 0.902 bits per heavy atom. The summed E-state index contributed by atoms with van der Waals surface area (Å²) < 4.78 is 1.99. The van der Waals surface area contributed by atoms with E-state index in [1.54, 1.807) is 0 Å². The molecular weight excluding hydrogens is 636 g/mol. The first-order chi connectivity index (χ1) is 24.1. The number of nitrogens with two attached hydrogens (primary N) is 1. The molecule has 1 aliphatic rings. The van der Waals surface area contributed by atoms with Crippen LogP contribution in [0.2, 0.25) is 0 Å². The van der Waals surface area contributed by atoms with Crippen LogP contribution in [0.1, 0.15) is 113 Å². The Labute approximate surface area is 309 Å². The zero-order valence-electron chi connectivity index (χ0n) is 33.1. The molecule has 0 bridgehead atoms. The molecule has 0 spiro atoms. The first kappa shape index (κ1) is 42.2. The number of carboxylic acid groups (broad SMARTS) is 1. The number of benzene rings is 2. The molecule has 0 heterocycles. The molecule has 2 amide bonds. The van der Waals surface area contributed by atoms with Gasteiger partial charge in [-0.15, -0.1) is 0 Å². The fourth-order valence-corrected chi connectivity index (χ4v) is 9.07. The molecule has 0 aliphatic heterocycles. The minimum Gasteiger partial charge on any atom is -0.481 e. The summed E-state index contributed by atoms with van der Waals surface area (Å²) >= 11 is 0. The minimum atomic E-state index is -0.877. The molecule has 51 heavy (non-hydrogen) atoms. The van der Waals surface area contributed by atoms with Gasteiger partial charge in [0, 0.05) is 29.0 Å². The van der Waals surface area contributed by atoms with Gasteiger partial charge in [-0.05, 0) is 93.7 Å². The van der Waals surface area contributed by atoms with Crippen molar-refractivity contribution in [2.45, 2.75) is 104 Å². The van der Waals surface area contributed by atoms with Crippen LogP contribution in [-0.2, 0) is 16.1 Å². The fraction of sp³-hybridized carbons (Fsp3) is 0.651. The first-order valence-electron chi connectivity index (χ1n) is 19.8. The zero-order chi connectivity index (χ0) is 37.8. The van der Waals surface area contributed by atoms with Gasteiger partial charge in [-0.25, -0.2) is 0 Å². The molecule has 1 saturated carbocycles. The lowest BCUT2D eigenvalue weighted by Gasteiger charge is -2.38. The van der Waals surface area contributed by atoms with E-state index in [1.807, 2.05) is 37.3 Å². The Kier molecular flexibility index (Phi) is 16.2. The highest BCUT2D eigenvalue weighted by Gasteiger charge is 2.44. The summed E-state index contributed by atoms with van der Waals surface area (Å²) in [6.45, 7) is 16.5. The van der Waals surface area contributed by atoms with Crippen molar-refractivity contribution >= 4 is 17.8 Å². The number of amides is 2. The number of carboxylic acids is 1. The number of primary amides is 1. The van der Waals surface area contributed by atoms with Crippen molar-refractivity contribution in [1.29, 1.82) is 0 Å². The van der Waals surface area contributed by atoms with Crippen LogP contribution < -0.4 is 11.1 Å². The van der Waals surface area contributed by atoms with Gasteiger partial charge in [-0.2, -0.15) is 0 Å². The van der Waals surface area contributed by atoms with Gasteiger partial charge in [0.25, 0.3) is 5.91 Å². The molecular formula is C43H70N4O4+2. The third-order valence-electron chi connectivity index (χ3n) is 11.9. The van der Waals surface area contributed by atoms with E-state index >= 15 is 0 Å². The number of carbonyl (C=O) groups excluding carboxylic acids is 2. The van der Waals surface area contributed by atoms with E-state index in [2.05, 4.69) is 78.4 Å². The van der Waals surface area contributed by atoms with Crippen LogP contribution in [-0.4, -0.2) is 85.2 Å². The summed E-state index contributed by atoms with van der Waals surface area (Å²) in [5.74, 6) is -2.06. The van der Waals surface area contributed by atoms with E-state index in [-0.39, 0.29) is 36.1 Å². The van der Waals surface area contributed by atoms with Crippen molar-refractivity contribution in [3.63, 3.8) is 0 Å². The van der Waals surface area contributed by atoms with Gasteiger partial charge in [0.2, 0.25) is 5.91 Å². The second-order valence-corrected chi connectivity index (χ2v) is 16.8. The molecule has 1 aliphatic carbocycles. The van der Waals surface area contributed by atoms with Gasteiger partial charge >= 0.3 is 5.97 Å². The predicted octanol–water partition coefficient (Wildman–Crippen LogP) is 7.48. The molecule has 4 N–H and O–H groups in total. The summed E-state index contributed by atoms with van der Waals surface area (Å²) in [7, 11) is 6.91. The molecule has 7 unspecified atom stereocenters. The maximum atomic E-state index is 13.3. The molecule has 1 fully saturated rings. The van der Waals surface area contributed by atoms with Crippen LogP contribution in [0, 0.1) is 29.6 Å². The Bertz CT molecular complexity index is 1370. The average molecular weight is 707 g/mol. The largest absolute Gasteiger partial charge is 0.481 e. The van der Waals surface area contributed by atoms with Crippen LogP contribution in [0.25, 0.3) is 0 Å². The van der Waals surface area contributed by atoms with Gasteiger partial charge in [-0.3, -0.25) is 14.4 Å². The number of hydrogen-bond acceptors (Lipinski definition) is 3. The monoisotopic (exact) mass is 707 g/mol. The summed E-state index contributed by atoms with van der Waals surface area (Å²) in [6, 6.07) is 18.3. The first-order valence-corrected chi connectivity index (χ1v) is 19.8. The minimum absolute atomic E-state index is 0.0669. The number of nitrogens with zero attached hydrogens (tertiary/aromatic N) is 2. The quantitative estimate of drug-likeness (QED) is 0.110. The van der Waals surface area contributed by atoms with E-state index in [1.165, 1.54) is 11.1 Å². The van der Waals surface area contributed by atoms with Crippen LogP contribution in [0.15, 0.2) is 54.6 Å². The normalized spacial score (nSPS) is 20.4. The molecule has 0 aromatic heterocycles. The van der Waals surface area contributed by atoms with E-state index in [4.69, 9.17) is 5.73 Å². The second-order valence-electron chi connectivity index (χ2n) is 16.8. The number of aliphatic carboxylic acids is 1. The second kappa shape index (κ2) is 19.6. The standard InChI is InChI=1S/C43H68N4O4/c1-9-22-47(8,23-10-2)29-31(5)24-36(34-20-18-32(19-21-34)30-46(6,7)12-4)25-37-26-38(45-42(49)35-16-14-13-15-17-35)28-39(37)40(43(50)51)27-33(11-3)41(44)48/h13-21,31,33,36-40H,9-12,22-30H2,1-8H3,(H2-2,44,45,48,49,50,51)/p+2. The van der Waals surface area contributed by atoms with Crippen molar-refractivity contribution in [3.8, 4) is 0 Å². The molecule has 2 aromatic carbocycles. The number of rotatable bonds is 22. The van der Waals surface area contributed by atoms with Crippen LogP contribution in [0.5, 0.6) is 0 Å². The zero-order valence-corrected chi connectivity index (χ0v) is 33.1. The fourth-order valence-electron chi connectivity index (χ4n) is 9.07. The van der Waals surface area contributed by atoms with Gasteiger partial charge in [0.1, 0.15) is 6.54 Å². The van der Waals surface area contributed by atoms with Gasteiger partial charge in [0.15, 0.2) is 0 Å². The van der Waals surface area contributed by atoms with Crippen LogP contribution in [0.3, 0.4) is 0 Å². The molecule has 8 nitrogen and oxygen atoms in total. The van der Waals surface area contributed by atoms with Crippen molar-refractivity contribution in [3.05, 3.63) is 71.3 Å². The predicted molar refractivity (Wildman–Crippen MR) is 208 cm³/mol. The van der Waals surface area contributed by atoms with E-state index in [0.29, 0.717) is 30.7 Å². The summed E-state index contributed by atoms with van der Waals surface area (Å²) in [5, 5.41) is 13.9. The maximum Gasteiger partial charge on any atom is 0.306 e. The molecule has 8 heteroatoms. The van der Waals surface area contributed by atoms with Crippen molar-refractivity contribution in [1.82, 2.24) is 5.32 Å². The molecule has 0 radical (unpaired) electrons. The molecule has 3 rings (SSSR count). The Morgan fingerprint density at radius 3 is 2.06 bits per heavy atom. The van der Waals surface area contributed by atoms with Gasteiger partial charge < -0.3 is 25.1 Å². The lowest BCUT2D eigenvalue weighted by atomic mass is 9.73. The number of carbonyl (C=O) groups is 3. The number of quaternary nitrogens is 2. The molecule has 2 aromatic rings. The molecule has 7 atom stereocenters. The van der Waals surface area contributed by atoms with E-state index in [0.717, 1.165) is 67.4 Å². The smallest absolute Gasteiger partial charge is 0.306 e. The molecule has 284 valence electrons. The third-order valence-corrected chi connectivity index (χ3v) is 11.9. The van der Waals surface area contributed by atoms with E-state index in [9.17, 15) is 19.5 Å². The number of hydrogen-bond donors (Lipinski definition) is 3. The highest BCUT2D eigenvalue weighted by atomic mass is 16.4. The summed E-state index contributed by atoms with van der Waals surface area (Å²) in [4.78, 5) is 38.7. The lowest BCUT2D eigenvalue weighted by molar-refractivity contribution is -0.912. The Balaban J connectivity index is 1.99. The SMILES string of the molecule is CCC[N+](C)(CCC)CC(C)CC(CC1CC(NC(=O)c2ccccc2)CC1C(CC(CC)C(N)=O)C(=O)O)c1ccc(C[N+](C)(C)CC)cc1. The topological polar surface area (TPSA) is 109 Å². The van der Waals surface area contributed by atoms with Gasteiger partial charge in [-0.1, -0.05) is 70.2 Å². The average Bonchev–Trinajstić information content (AvgIpc) is 3.46. The summed E-state index contributed by atoms with van der Waals surface area (Å²) in [6.07, 6.45) is 6.18. The lowest BCUT2D eigenvalue weighted by Crippen LogP contribution is -2.48. The maximum absolute atomic E-state index is 13.3. The highest BCUT2D eigenvalue weighted by Crippen LogP contribution is 2.46.